The van der Waals surface area contributed by atoms with Crippen molar-refractivity contribution in [3.05, 3.63) is 88.4 Å². The Morgan fingerprint density at radius 3 is 2.39 bits per heavy atom. The molecule has 2 aromatic heterocycles. The Morgan fingerprint density at radius 1 is 1.06 bits per heavy atom. The molecule has 0 saturated heterocycles. The van der Waals surface area contributed by atoms with E-state index < -0.39 is 5.91 Å². The average molecular weight is 484 g/mol. The summed E-state index contributed by atoms with van der Waals surface area (Å²) < 4.78 is 1.64. The van der Waals surface area contributed by atoms with Crippen LogP contribution in [0.2, 0.25) is 0 Å². The zero-order chi connectivity index (χ0) is 26.1. The smallest absolute Gasteiger partial charge is 0.271 e. The summed E-state index contributed by atoms with van der Waals surface area (Å²) in [6, 6.07) is 14.9. The Hall–Kier alpha value is -5.04. The normalized spacial score (nSPS) is 9.94. The lowest BCUT2D eigenvalue weighted by molar-refractivity contribution is -0.118. The van der Waals surface area contributed by atoms with E-state index in [2.05, 4.69) is 32.1 Å². The van der Waals surface area contributed by atoms with Gasteiger partial charge in [0, 0.05) is 31.3 Å². The fourth-order valence-electron chi connectivity index (χ4n) is 3.31. The fraction of sp³-hybridized carbons (Fsp3) is 0.154. The van der Waals surface area contributed by atoms with Crippen LogP contribution in [0.4, 0.5) is 5.82 Å². The number of primary amides is 1. The first-order valence-electron chi connectivity index (χ1n) is 11.0. The van der Waals surface area contributed by atoms with Gasteiger partial charge in [0.25, 0.3) is 11.5 Å². The first-order valence-corrected chi connectivity index (χ1v) is 11.0. The van der Waals surface area contributed by atoms with Gasteiger partial charge in [-0.05, 0) is 24.3 Å². The quantitative estimate of drug-likeness (QED) is 0.372. The van der Waals surface area contributed by atoms with Crippen molar-refractivity contribution in [2.24, 2.45) is 5.73 Å². The second kappa shape index (κ2) is 11.9. The van der Waals surface area contributed by atoms with Gasteiger partial charge in [-0.3, -0.25) is 19.0 Å². The van der Waals surface area contributed by atoms with E-state index >= 15 is 0 Å². The first kappa shape index (κ1) is 25.6. The van der Waals surface area contributed by atoms with Crippen LogP contribution < -0.4 is 22.3 Å². The van der Waals surface area contributed by atoms with Gasteiger partial charge in [-0.2, -0.15) is 0 Å². The molecule has 0 spiro atoms. The van der Waals surface area contributed by atoms with E-state index in [9.17, 15) is 14.4 Å². The van der Waals surface area contributed by atoms with Crippen LogP contribution in [0.1, 0.15) is 35.7 Å². The van der Waals surface area contributed by atoms with Gasteiger partial charge in [-0.1, -0.05) is 43.0 Å². The Kier molecular flexibility index (Phi) is 8.45. The maximum atomic E-state index is 13.3. The average Bonchev–Trinajstić information content (AvgIpc) is 2.87. The standard InChI is InChI=1S/C21H19N3O2.C5H6N4O/c1-3-19-23-18-13-7-9-16(10-8-14-22-15(2)25)20(18)21(26)24(19)17-11-5-4-6-12-17;6-4-3(5(7)10)8-1-2-9-4/h4-7,9,11-13H,3,14H2,1-2H3,(H,22,25);1-2H,(H2,6,9)(H2,7,10). The van der Waals surface area contributed by atoms with E-state index in [-0.39, 0.29) is 29.5 Å². The third-order valence-electron chi connectivity index (χ3n) is 4.91. The third-order valence-corrected chi connectivity index (χ3v) is 4.91. The number of carbonyl (C=O) groups excluding carboxylic acids is 2. The van der Waals surface area contributed by atoms with Crippen LogP contribution in [0.3, 0.4) is 0 Å². The van der Waals surface area contributed by atoms with Gasteiger partial charge in [-0.15, -0.1) is 0 Å². The molecule has 36 heavy (non-hydrogen) atoms. The van der Waals surface area contributed by atoms with Crippen molar-refractivity contribution in [2.45, 2.75) is 20.3 Å². The topological polar surface area (TPSA) is 159 Å². The molecule has 0 aliphatic carbocycles. The van der Waals surface area contributed by atoms with Crippen molar-refractivity contribution >= 4 is 28.5 Å². The molecular weight excluding hydrogens is 458 g/mol. The monoisotopic (exact) mass is 483 g/mol. The molecule has 2 aromatic carbocycles. The summed E-state index contributed by atoms with van der Waals surface area (Å²) in [4.78, 5) is 46.6. The lowest BCUT2D eigenvalue weighted by Crippen LogP contribution is -2.24. The molecule has 0 bridgehead atoms. The molecule has 0 fully saturated rings. The molecule has 0 unspecified atom stereocenters. The Bertz CT molecular complexity index is 1520. The number of benzene rings is 2. The molecular formula is C26H25N7O3. The van der Waals surface area contributed by atoms with Crippen molar-refractivity contribution in [2.75, 3.05) is 12.3 Å². The molecule has 5 N–H and O–H groups in total. The van der Waals surface area contributed by atoms with Crippen molar-refractivity contribution in [1.82, 2.24) is 24.8 Å². The molecule has 4 rings (SSSR count). The van der Waals surface area contributed by atoms with Crippen molar-refractivity contribution in [3.8, 4) is 17.5 Å². The van der Waals surface area contributed by atoms with Gasteiger partial charge in [-0.25, -0.2) is 15.0 Å². The summed E-state index contributed by atoms with van der Waals surface area (Å²) in [5.74, 6) is 5.83. The van der Waals surface area contributed by atoms with Crippen LogP contribution in [0, 0.1) is 11.8 Å². The minimum absolute atomic E-state index is 0.0162. The summed E-state index contributed by atoms with van der Waals surface area (Å²) in [5.41, 5.74) is 12.0. The zero-order valence-electron chi connectivity index (χ0n) is 19.9. The molecule has 10 heteroatoms. The maximum absolute atomic E-state index is 13.3. The van der Waals surface area contributed by atoms with Gasteiger partial charge in [0.1, 0.15) is 5.82 Å². The Balaban J connectivity index is 0.000000303. The highest BCUT2D eigenvalue weighted by molar-refractivity contribution is 5.94. The number of nitrogens with two attached hydrogens (primary N) is 2. The number of carbonyl (C=O) groups is 2. The predicted octanol–water partition coefficient (Wildman–Crippen LogP) is 1.59. The number of aromatic nitrogens is 4. The number of nitrogen functional groups attached to an aromatic ring is 1. The van der Waals surface area contributed by atoms with E-state index in [1.165, 1.54) is 19.3 Å². The molecule has 0 saturated carbocycles. The van der Waals surface area contributed by atoms with E-state index in [1.807, 2.05) is 49.4 Å². The molecule has 10 nitrogen and oxygen atoms in total. The highest BCUT2D eigenvalue weighted by Gasteiger charge is 2.13. The number of para-hydroxylation sites is 1. The summed E-state index contributed by atoms with van der Waals surface area (Å²) in [5, 5.41) is 3.11. The van der Waals surface area contributed by atoms with Gasteiger partial charge >= 0.3 is 0 Å². The van der Waals surface area contributed by atoms with Crippen molar-refractivity contribution in [3.63, 3.8) is 0 Å². The highest BCUT2D eigenvalue weighted by atomic mass is 16.2. The number of aryl methyl sites for hydroxylation is 1. The minimum Gasteiger partial charge on any atom is -0.382 e. The van der Waals surface area contributed by atoms with Crippen molar-refractivity contribution < 1.29 is 9.59 Å². The van der Waals surface area contributed by atoms with Crippen LogP contribution in [-0.2, 0) is 11.2 Å². The Labute approximate surface area is 207 Å². The predicted molar refractivity (Wildman–Crippen MR) is 137 cm³/mol. The summed E-state index contributed by atoms with van der Waals surface area (Å²) in [6.45, 7) is 3.65. The zero-order valence-corrected chi connectivity index (χ0v) is 19.9. The Morgan fingerprint density at radius 2 is 1.78 bits per heavy atom. The first-order chi connectivity index (χ1) is 17.3. The second-order valence-corrected chi connectivity index (χ2v) is 7.42. The number of hydrogen-bond donors (Lipinski definition) is 3. The molecule has 0 aliphatic rings. The summed E-state index contributed by atoms with van der Waals surface area (Å²) in [7, 11) is 0. The molecule has 0 aliphatic heterocycles. The highest BCUT2D eigenvalue weighted by Crippen LogP contribution is 2.16. The maximum Gasteiger partial charge on any atom is 0.271 e. The number of nitrogens with zero attached hydrogens (tertiary/aromatic N) is 4. The fourth-order valence-corrected chi connectivity index (χ4v) is 3.31. The molecule has 0 radical (unpaired) electrons. The molecule has 2 heterocycles. The van der Waals surface area contributed by atoms with E-state index in [0.717, 1.165) is 5.69 Å². The van der Waals surface area contributed by atoms with Crippen molar-refractivity contribution in [1.29, 1.82) is 0 Å². The number of nitrogens with one attached hydrogen (secondary N) is 1. The summed E-state index contributed by atoms with van der Waals surface area (Å²) in [6.07, 6.45) is 3.39. The van der Waals surface area contributed by atoms with E-state index in [1.54, 1.807) is 10.6 Å². The summed E-state index contributed by atoms with van der Waals surface area (Å²) >= 11 is 0. The number of hydrogen-bond acceptors (Lipinski definition) is 7. The van der Waals surface area contributed by atoms with Gasteiger partial charge in [0.05, 0.1) is 23.1 Å². The number of fused-ring (bicyclic) bond motifs is 1. The largest absolute Gasteiger partial charge is 0.382 e. The number of amides is 2. The van der Waals surface area contributed by atoms with Crippen LogP contribution in [-0.4, -0.2) is 37.9 Å². The van der Waals surface area contributed by atoms with Crippen LogP contribution in [0.25, 0.3) is 16.6 Å². The van der Waals surface area contributed by atoms with Gasteiger partial charge in [0.2, 0.25) is 5.91 Å². The van der Waals surface area contributed by atoms with Crippen LogP contribution in [0.5, 0.6) is 0 Å². The minimum atomic E-state index is -0.661. The van der Waals surface area contributed by atoms with E-state index in [0.29, 0.717) is 28.7 Å². The molecule has 2 amide bonds. The molecule has 4 aromatic rings. The lowest BCUT2D eigenvalue weighted by atomic mass is 10.1. The van der Waals surface area contributed by atoms with Gasteiger partial charge < -0.3 is 16.8 Å². The third kappa shape index (κ3) is 6.09. The number of rotatable bonds is 4. The van der Waals surface area contributed by atoms with Crippen LogP contribution >= 0.6 is 0 Å². The lowest BCUT2D eigenvalue weighted by Gasteiger charge is -2.13. The SMILES string of the molecule is CCc1nc2cccc(C#CCNC(C)=O)c2c(=O)n1-c1ccccc1.NC(=O)c1nccnc1N. The second-order valence-electron chi connectivity index (χ2n) is 7.42. The number of anilines is 1. The van der Waals surface area contributed by atoms with Crippen LogP contribution in [0.15, 0.2) is 65.7 Å². The molecule has 182 valence electrons. The van der Waals surface area contributed by atoms with E-state index in [4.69, 9.17) is 11.5 Å². The molecule has 0 atom stereocenters. The van der Waals surface area contributed by atoms with Gasteiger partial charge in [0.15, 0.2) is 11.5 Å².